The molecule has 0 saturated carbocycles. The first-order valence-electron chi connectivity index (χ1n) is 0. The van der Waals surface area contributed by atoms with Crippen molar-refractivity contribution in [1.82, 2.24) is 0 Å². The molecule has 0 aromatic carbocycles. The molecule has 58 valence electrons. The van der Waals surface area contributed by atoms with E-state index in [1.54, 1.807) is 0 Å². The summed E-state index contributed by atoms with van der Waals surface area (Å²) >= 11 is 0. The average molecular weight is 381 g/mol. The molecule has 0 nitrogen and oxygen atoms in total. The minimum atomic E-state index is 0. The van der Waals surface area contributed by atoms with Crippen molar-refractivity contribution in [3.8, 4) is 0 Å². The van der Waals surface area contributed by atoms with Crippen LogP contribution in [-0.4, -0.2) is 37.7 Å². The summed E-state index contributed by atoms with van der Waals surface area (Å²) in [5.74, 6) is 0. The van der Waals surface area contributed by atoms with Gasteiger partial charge in [0.25, 0.3) is 0 Å². The first-order valence-corrected chi connectivity index (χ1v) is 0. The summed E-state index contributed by atoms with van der Waals surface area (Å²) in [6.45, 7) is 0. The van der Waals surface area contributed by atoms with Gasteiger partial charge in [-0.1, -0.05) is 0 Å². The van der Waals surface area contributed by atoms with Gasteiger partial charge in [-0.3, -0.25) is 0 Å². The van der Waals surface area contributed by atoms with Crippen LogP contribution in [0, 0.1) is 0 Å². The van der Waals surface area contributed by atoms with Crippen molar-refractivity contribution in [1.29, 1.82) is 0 Å². The van der Waals surface area contributed by atoms with E-state index < -0.39 is 0 Å². The molecule has 0 aliphatic heterocycles. The quantitative estimate of drug-likeness (QED) is 0.289. The molecular formula is CaCl7KNaP. The van der Waals surface area contributed by atoms with E-state index in [0.717, 1.165) is 0 Å². The molecule has 0 atom stereocenters. The van der Waals surface area contributed by atoms with Crippen molar-refractivity contribution >= 4 is 47.6 Å². The summed E-state index contributed by atoms with van der Waals surface area (Å²) in [5, 5.41) is 0. The molecule has 11 heteroatoms. The monoisotopic (exact) mass is 378 g/mol. The van der Waals surface area contributed by atoms with Gasteiger partial charge in [0.05, 0.1) is 0 Å². The SMILES string of the molecule is [Ca+2].[Cl-].[Cl-].[Cl-].[Cl-].[Cl-].[Cl-].[Cl-].[K+].[Na+].[P+3]. The summed E-state index contributed by atoms with van der Waals surface area (Å²) in [6, 6.07) is 0. The summed E-state index contributed by atoms with van der Waals surface area (Å²) in [4.78, 5) is 0. The molecule has 0 aliphatic carbocycles. The predicted molar refractivity (Wildman–Crippen MR) is 12.7 cm³/mol. The Labute approximate surface area is 210 Å². The molecule has 0 aromatic rings. The van der Waals surface area contributed by atoms with Gasteiger partial charge in [0, 0.05) is 0 Å². The molecule has 11 heavy (non-hydrogen) atoms. The Hall–Kier alpha value is 6.36. The van der Waals surface area contributed by atoms with E-state index >= 15 is 0 Å². The van der Waals surface area contributed by atoms with Gasteiger partial charge in [0.1, 0.15) is 0 Å². The van der Waals surface area contributed by atoms with E-state index in [9.17, 15) is 0 Å². The fourth-order valence-corrected chi connectivity index (χ4v) is 0. The van der Waals surface area contributed by atoms with Crippen LogP contribution in [0.1, 0.15) is 0 Å². The zero-order valence-corrected chi connectivity index (χ0v) is 19.3. The normalized spacial score (nSPS) is 0. The van der Waals surface area contributed by atoms with Crippen LogP contribution in [0.15, 0.2) is 0 Å². The summed E-state index contributed by atoms with van der Waals surface area (Å²) in [7, 11) is 0. The summed E-state index contributed by atoms with van der Waals surface area (Å²) in [5.41, 5.74) is 0. The molecule has 0 amide bonds. The molecule has 0 N–H and O–H groups in total. The summed E-state index contributed by atoms with van der Waals surface area (Å²) in [6.07, 6.45) is 0. The molecule has 0 bridgehead atoms. The van der Waals surface area contributed by atoms with Gasteiger partial charge in [0.2, 0.25) is 0 Å². The maximum absolute atomic E-state index is 0. The molecule has 0 heterocycles. The van der Waals surface area contributed by atoms with Gasteiger partial charge in [0.15, 0.2) is 0 Å². The van der Waals surface area contributed by atoms with Crippen LogP contribution in [0.2, 0.25) is 0 Å². The van der Waals surface area contributed by atoms with Gasteiger partial charge in [-0.2, -0.15) is 0 Å². The standard InChI is InChI=1S/Ca.7ClH.K.Na.P/h;7*1H;;;/q+2;;;;;;;;2*+1;+3/p-7. The van der Waals surface area contributed by atoms with Crippen LogP contribution in [0.5, 0.6) is 0 Å². The second kappa shape index (κ2) is 95.5. The maximum Gasteiger partial charge on any atom is 3.00 e. The Morgan fingerprint density at radius 1 is 0.455 bits per heavy atom. The molecule has 0 saturated heterocycles. The first-order chi connectivity index (χ1) is 0. The topological polar surface area (TPSA) is 0 Å². The van der Waals surface area contributed by atoms with E-state index in [-0.39, 0.29) is 215 Å². The van der Waals surface area contributed by atoms with Crippen LogP contribution < -0.4 is 168 Å². The Morgan fingerprint density at radius 3 is 0.455 bits per heavy atom. The third kappa shape index (κ3) is 83.4. The van der Waals surface area contributed by atoms with E-state index in [1.165, 1.54) is 0 Å². The van der Waals surface area contributed by atoms with Crippen molar-refractivity contribution in [3.63, 3.8) is 0 Å². The smallest absolute Gasteiger partial charge is 1.00 e. The molecule has 0 rings (SSSR count). The average Bonchev–Trinajstić information content (AvgIpc) is 0. The van der Waals surface area contributed by atoms with Crippen molar-refractivity contribution in [3.05, 3.63) is 0 Å². The first kappa shape index (κ1) is 115. The van der Waals surface area contributed by atoms with Crippen LogP contribution in [0.3, 0.4) is 0 Å². The minimum absolute atomic E-state index is 0. The maximum atomic E-state index is 0. The van der Waals surface area contributed by atoms with E-state index in [0.29, 0.717) is 0 Å². The Morgan fingerprint density at radius 2 is 0.455 bits per heavy atom. The third-order valence-corrected chi connectivity index (χ3v) is 0. The fraction of sp³-hybridized carbons (Fsp3) is 0. The molecule has 0 aromatic heterocycles. The van der Waals surface area contributed by atoms with Gasteiger partial charge < -0.3 is 86.8 Å². The van der Waals surface area contributed by atoms with Crippen LogP contribution in [0.4, 0.5) is 0 Å². The molecule has 0 spiro atoms. The second-order valence-corrected chi connectivity index (χ2v) is 0. The molecule has 0 unspecified atom stereocenters. The van der Waals surface area contributed by atoms with Crippen molar-refractivity contribution in [2.45, 2.75) is 0 Å². The van der Waals surface area contributed by atoms with Gasteiger partial charge in [-0.15, -0.1) is 0 Å². The van der Waals surface area contributed by atoms with E-state index in [2.05, 4.69) is 0 Å². The van der Waals surface area contributed by atoms with Crippen molar-refractivity contribution in [2.24, 2.45) is 0 Å². The van der Waals surface area contributed by atoms with Gasteiger partial charge in [-0.25, -0.2) is 0 Å². The zero-order chi connectivity index (χ0) is 0. The van der Waals surface area contributed by atoms with Crippen molar-refractivity contribution < 1.29 is 168 Å². The minimum Gasteiger partial charge on any atom is -1.00 e. The Bertz CT molecular complexity index is 18.4. The van der Waals surface area contributed by atoms with Crippen LogP contribution >= 0.6 is 9.90 Å². The molecule has 0 fully saturated rings. The summed E-state index contributed by atoms with van der Waals surface area (Å²) < 4.78 is 0. The second-order valence-electron chi connectivity index (χ2n) is 0. The van der Waals surface area contributed by atoms with Gasteiger partial charge in [-0.05, 0) is 0 Å². The number of hydrogen-bond acceptors (Lipinski definition) is 0. The van der Waals surface area contributed by atoms with Crippen LogP contribution in [-0.2, 0) is 0 Å². The number of halogens is 7. The Balaban J connectivity index is 0. The largest absolute Gasteiger partial charge is 3.00 e. The number of rotatable bonds is 0. The molecular weight excluding hydrogens is 381 g/mol. The molecule has 2 radical (unpaired) electrons. The van der Waals surface area contributed by atoms with E-state index in [4.69, 9.17) is 0 Å². The fourth-order valence-electron chi connectivity index (χ4n) is 0. The predicted octanol–water partition coefficient (Wildman–Crippen LogP) is -26.5. The third-order valence-electron chi connectivity index (χ3n) is 0. The Kier molecular flexibility index (Phi) is 997. The van der Waals surface area contributed by atoms with Crippen molar-refractivity contribution in [2.75, 3.05) is 0 Å². The van der Waals surface area contributed by atoms with Gasteiger partial charge >= 0.3 is 129 Å². The zero-order valence-electron chi connectivity index (χ0n) is 5.80. The van der Waals surface area contributed by atoms with Crippen LogP contribution in [0.25, 0.3) is 0 Å². The van der Waals surface area contributed by atoms with E-state index in [1.807, 2.05) is 0 Å². The molecule has 0 aliphatic rings. The number of hydrogen-bond donors (Lipinski definition) is 0.